The maximum absolute atomic E-state index is 13.4. The highest BCUT2D eigenvalue weighted by Crippen LogP contribution is 2.14. The van der Waals surface area contributed by atoms with Gasteiger partial charge in [0.2, 0.25) is 5.91 Å². The van der Waals surface area contributed by atoms with Crippen molar-refractivity contribution in [2.75, 3.05) is 377 Å². The Morgan fingerprint density at radius 2 is 0.431 bits per heavy atom. The van der Waals surface area contributed by atoms with Gasteiger partial charge in [-0.1, -0.05) is 13.8 Å². The van der Waals surface area contributed by atoms with E-state index < -0.39 is 29.2 Å². The van der Waals surface area contributed by atoms with Gasteiger partial charge in [0, 0.05) is 89.7 Å². The Bertz CT molecular complexity index is 2420. The standard InChI is InChI=1S/C84H152N2O37/c1-3-7-76(87)14-22-121-73-84(74-122-23-15-77(88)8-4-2,85-80(91)17-25-96-20-5-9-78(89)13-19-86-81(92)11-12-82(86)93)75-123-24-16-79(90)10-6-21-97-27-29-99-31-33-101-35-37-103-39-41-105-43-45-107-47-49-109-51-53-111-55-57-113-59-61-115-63-65-117-67-69-119-71-72-120-70-68-118-66-64-116-62-60-114-58-56-112-54-52-110-50-48-108-46-44-106-42-40-104-38-36-102-34-32-100-30-28-98-26-18-83(94)95/h11-12H,3-10,13-75H2,1-2H3,(H,85,91)(H,94,95). The van der Waals surface area contributed by atoms with Crippen LogP contribution >= 0.6 is 0 Å². The lowest BCUT2D eigenvalue weighted by molar-refractivity contribution is -0.139. The van der Waals surface area contributed by atoms with Gasteiger partial charge in [-0.3, -0.25) is 43.3 Å². The number of carboxylic acids is 1. The molecule has 0 unspecified atom stereocenters. The van der Waals surface area contributed by atoms with Crippen molar-refractivity contribution < 1.29 is 176 Å². The van der Waals surface area contributed by atoms with Gasteiger partial charge in [0.1, 0.15) is 28.7 Å². The Morgan fingerprint density at radius 1 is 0.244 bits per heavy atom. The molecule has 123 heavy (non-hydrogen) atoms. The van der Waals surface area contributed by atoms with Crippen LogP contribution in [0.1, 0.15) is 104 Å². The van der Waals surface area contributed by atoms with Crippen LogP contribution in [0.15, 0.2) is 12.2 Å². The summed E-state index contributed by atoms with van der Waals surface area (Å²) < 4.78 is 156. The van der Waals surface area contributed by atoms with Gasteiger partial charge in [-0.25, -0.2) is 0 Å². The van der Waals surface area contributed by atoms with Crippen LogP contribution in [0.2, 0.25) is 0 Å². The molecular formula is C84H152N2O37. The number of hydrogen-bond acceptors (Lipinski definition) is 36. The zero-order valence-corrected chi connectivity index (χ0v) is 74.0. The van der Waals surface area contributed by atoms with Gasteiger partial charge >= 0.3 is 5.97 Å². The minimum atomic E-state index is -1.23. The third-order valence-corrected chi connectivity index (χ3v) is 16.7. The molecule has 1 rings (SSSR count). The monoisotopic (exact) mass is 1780 g/mol. The summed E-state index contributed by atoms with van der Waals surface area (Å²) in [5, 5.41) is 11.5. The molecule has 0 bridgehead atoms. The average Bonchev–Trinajstić information content (AvgIpc) is 1.86. The zero-order chi connectivity index (χ0) is 88.8. The number of imide groups is 1. The molecule has 720 valence electrons. The fourth-order valence-electron chi connectivity index (χ4n) is 10.2. The first-order valence-electron chi connectivity index (χ1n) is 43.7. The van der Waals surface area contributed by atoms with E-state index in [2.05, 4.69) is 5.32 Å². The molecule has 0 aromatic rings. The van der Waals surface area contributed by atoms with Gasteiger partial charge in [0.05, 0.1) is 363 Å². The minimum Gasteiger partial charge on any atom is -0.481 e. The highest BCUT2D eigenvalue weighted by atomic mass is 16.6. The molecule has 0 aliphatic carbocycles. The molecule has 39 heteroatoms. The summed E-state index contributed by atoms with van der Waals surface area (Å²) in [6, 6.07) is 0. The summed E-state index contributed by atoms with van der Waals surface area (Å²) in [6.45, 7) is 25.1. The molecule has 1 aliphatic rings. The number of ketones is 4. The van der Waals surface area contributed by atoms with Crippen LogP contribution in [0, 0.1) is 0 Å². The Balaban J connectivity index is 1.85. The van der Waals surface area contributed by atoms with E-state index in [4.69, 9.17) is 138 Å². The van der Waals surface area contributed by atoms with E-state index in [1.165, 1.54) is 12.2 Å². The van der Waals surface area contributed by atoms with E-state index >= 15 is 0 Å². The highest BCUT2D eigenvalue weighted by molar-refractivity contribution is 6.13. The Labute approximate surface area is 728 Å². The molecule has 0 saturated heterocycles. The molecule has 0 spiro atoms. The molecule has 0 saturated carbocycles. The minimum absolute atomic E-state index is 0.0160. The third-order valence-electron chi connectivity index (χ3n) is 16.7. The van der Waals surface area contributed by atoms with Crippen molar-refractivity contribution in [2.24, 2.45) is 0 Å². The number of carbonyl (C=O) groups is 8. The molecule has 2 N–H and O–H groups in total. The number of nitrogens with one attached hydrogen (secondary N) is 1. The van der Waals surface area contributed by atoms with Crippen molar-refractivity contribution in [3.63, 3.8) is 0 Å². The van der Waals surface area contributed by atoms with Gasteiger partial charge in [-0.2, -0.15) is 0 Å². The normalized spacial score (nSPS) is 12.3. The smallest absolute Gasteiger partial charge is 0.305 e. The van der Waals surface area contributed by atoms with Gasteiger partial charge in [-0.05, 0) is 25.7 Å². The second kappa shape index (κ2) is 93.5. The van der Waals surface area contributed by atoms with Gasteiger partial charge in [-0.15, -0.1) is 0 Å². The van der Waals surface area contributed by atoms with Crippen molar-refractivity contribution in [3.05, 3.63) is 12.2 Å². The first kappa shape index (κ1) is 116. The molecule has 0 aromatic heterocycles. The van der Waals surface area contributed by atoms with Crippen LogP contribution in [-0.4, -0.2) is 439 Å². The predicted octanol–water partition coefficient (Wildman–Crippen LogP) is 3.09. The summed E-state index contributed by atoms with van der Waals surface area (Å²) in [5.74, 6) is -2.22. The number of amides is 3. The van der Waals surface area contributed by atoms with Crippen LogP contribution in [0.3, 0.4) is 0 Å². The quantitative estimate of drug-likeness (QED) is 0.0652. The molecule has 0 fully saturated rings. The maximum Gasteiger partial charge on any atom is 0.305 e. The van der Waals surface area contributed by atoms with Crippen molar-refractivity contribution >= 4 is 46.8 Å². The molecule has 1 aliphatic heterocycles. The highest BCUT2D eigenvalue weighted by Gasteiger charge is 2.34. The second-order valence-electron chi connectivity index (χ2n) is 27.2. The molecule has 3 amide bonds. The molecule has 0 radical (unpaired) electrons. The summed E-state index contributed by atoms with van der Waals surface area (Å²) in [5.41, 5.74) is -1.23. The predicted molar refractivity (Wildman–Crippen MR) is 443 cm³/mol. The van der Waals surface area contributed by atoms with E-state index in [9.17, 15) is 38.4 Å². The van der Waals surface area contributed by atoms with Crippen molar-refractivity contribution in [3.8, 4) is 0 Å². The molecule has 1 heterocycles. The van der Waals surface area contributed by atoms with Gasteiger partial charge in [0.25, 0.3) is 11.8 Å². The number of hydrogen-bond donors (Lipinski definition) is 2. The lowest BCUT2D eigenvalue weighted by Gasteiger charge is -2.34. The van der Waals surface area contributed by atoms with Gasteiger partial charge in [0.15, 0.2) is 0 Å². The van der Waals surface area contributed by atoms with Crippen LogP contribution in [0.25, 0.3) is 0 Å². The first-order valence-corrected chi connectivity index (χ1v) is 43.7. The molecular weight excluding hydrogens is 1630 g/mol. The van der Waals surface area contributed by atoms with Gasteiger partial charge < -0.3 is 143 Å². The van der Waals surface area contributed by atoms with Crippen molar-refractivity contribution in [2.45, 2.75) is 109 Å². The zero-order valence-electron chi connectivity index (χ0n) is 74.0. The fraction of sp³-hybridized carbons (Fsp3) is 0.881. The topological polar surface area (TPSA) is 430 Å². The number of Topliss-reactive ketones (excluding diaryl/α,β-unsaturated/α-hetero) is 4. The van der Waals surface area contributed by atoms with Crippen molar-refractivity contribution in [1.29, 1.82) is 0 Å². The third kappa shape index (κ3) is 85.3. The largest absolute Gasteiger partial charge is 0.481 e. The lowest BCUT2D eigenvalue weighted by Crippen LogP contribution is -2.59. The Kier molecular flexibility index (Phi) is 88.5. The fourth-order valence-corrected chi connectivity index (χ4v) is 10.2. The van der Waals surface area contributed by atoms with E-state index in [1.807, 2.05) is 13.8 Å². The second-order valence-corrected chi connectivity index (χ2v) is 27.2. The van der Waals surface area contributed by atoms with E-state index in [-0.39, 0.29) is 141 Å². The Morgan fingerprint density at radius 3 is 0.659 bits per heavy atom. The van der Waals surface area contributed by atoms with E-state index in [0.29, 0.717) is 349 Å². The number of nitrogens with zero attached hydrogens (tertiary/aromatic N) is 1. The van der Waals surface area contributed by atoms with E-state index in [1.54, 1.807) is 0 Å². The number of aliphatic carboxylic acids is 1. The van der Waals surface area contributed by atoms with Crippen LogP contribution in [-0.2, 0) is 171 Å². The number of rotatable bonds is 106. The summed E-state index contributed by atoms with van der Waals surface area (Å²) in [7, 11) is 0. The maximum atomic E-state index is 13.4. The molecule has 39 nitrogen and oxygen atoms in total. The van der Waals surface area contributed by atoms with E-state index in [0.717, 1.165) is 4.90 Å². The average molecular weight is 1780 g/mol. The van der Waals surface area contributed by atoms with Crippen LogP contribution in [0.5, 0.6) is 0 Å². The first-order chi connectivity index (χ1) is 60.4. The van der Waals surface area contributed by atoms with Crippen LogP contribution < -0.4 is 5.32 Å². The molecule has 0 atom stereocenters. The number of carbonyl (C=O) groups excluding carboxylic acids is 7. The van der Waals surface area contributed by atoms with Crippen molar-refractivity contribution in [1.82, 2.24) is 10.2 Å². The molecule has 0 aromatic carbocycles. The summed E-state index contributed by atoms with van der Waals surface area (Å²) >= 11 is 0. The summed E-state index contributed by atoms with van der Waals surface area (Å²) in [4.78, 5) is 98.1. The van der Waals surface area contributed by atoms with Crippen LogP contribution in [0.4, 0.5) is 0 Å². The Hall–Kier alpha value is -4.62. The number of ether oxygens (including phenoxy) is 28. The lowest BCUT2D eigenvalue weighted by atomic mass is 10.0. The SMILES string of the molecule is CCCC(=O)CCOCC(COCCC(=O)CCC)(COCCC(=O)CCCOCCOCCOCCOCCOCCOCCOCCOCCOCCOCCOCCOCCOCCOCCOCCOCCOCCOCCOCCOCCOCCOCCOCCOCCC(=O)O)NC(=O)CCOCCCC(=O)CCN1C(=O)C=CC1=O. The summed E-state index contributed by atoms with van der Waals surface area (Å²) in [6.07, 6.45) is 6.45. The number of carboxylic acid groups (broad SMARTS) is 1.